The lowest BCUT2D eigenvalue weighted by atomic mass is 9.92. The molecule has 140 valence electrons. The Hall–Kier alpha value is -1.29. The van der Waals surface area contributed by atoms with Gasteiger partial charge >= 0.3 is 0 Å². The molecule has 1 fully saturated rings. The molecule has 5 rings (SSSR count). The average molecular weight is 444 g/mol. The van der Waals surface area contributed by atoms with E-state index >= 15 is 0 Å². The number of hydrogen-bond donors (Lipinski definition) is 1. The van der Waals surface area contributed by atoms with Gasteiger partial charge in [-0.1, -0.05) is 58.9 Å². The van der Waals surface area contributed by atoms with Gasteiger partial charge < -0.3 is 9.88 Å². The van der Waals surface area contributed by atoms with Gasteiger partial charge in [-0.25, -0.2) is 0 Å². The van der Waals surface area contributed by atoms with Crippen molar-refractivity contribution >= 4 is 38.4 Å². The first-order chi connectivity index (χ1) is 13.2. The Morgan fingerprint density at radius 2 is 1.89 bits per heavy atom. The minimum atomic E-state index is 0.209. The number of benzene rings is 2. The van der Waals surface area contributed by atoms with E-state index in [1.807, 2.05) is 6.07 Å². The second-order valence-electron chi connectivity index (χ2n) is 7.88. The molecule has 2 nitrogen and oxygen atoms in total. The predicted octanol–water partition coefficient (Wildman–Crippen LogP) is 6.80. The van der Waals surface area contributed by atoms with E-state index in [0.29, 0.717) is 6.04 Å². The van der Waals surface area contributed by atoms with Crippen molar-refractivity contribution in [1.29, 1.82) is 0 Å². The molecule has 0 saturated heterocycles. The number of hydrogen-bond acceptors (Lipinski definition) is 1. The fourth-order valence-electron chi connectivity index (χ4n) is 5.08. The standard InChI is InChI=1S/C23H24BrClN2/c24-16-9-10-21-20(14-16)19-11-12-26-22(15-5-4-6-17(25)13-15)23(19)27(21)18-7-2-1-3-8-18/h4-6,9-10,13-14,18,22,26H,1-3,7-8,11-12H2. The quantitative estimate of drug-likeness (QED) is 0.461. The molecule has 3 aromatic rings. The maximum Gasteiger partial charge on any atom is 0.0735 e. The molecule has 0 amide bonds. The fourth-order valence-corrected chi connectivity index (χ4v) is 5.64. The van der Waals surface area contributed by atoms with Gasteiger partial charge in [-0.2, -0.15) is 0 Å². The van der Waals surface area contributed by atoms with Crippen LogP contribution in [0.2, 0.25) is 5.02 Å². The zero-order valence-corrected chi connectivity index (χ0v) is 17.7. The highest BCUT2D eigenvalue weighted by Gasteiger charge is 2.31. The van der Waals surface area contributed by atoms with Crippen LogP contribution in [-0.2, 0) is 6.42 Å². The zero-order valence-electron chi connectivity index (χ0n) is 15.3. The number of rotatable bonds is 2. The van der Waals surface area contributed by atoms with Gasteiger partial charge in [0.15, 0.2) is 0 Å². The molecule has 0 radical (unpaired) electrons. The van der Waals surface area contributed by atoms with Crippen LogP contribution in [-0.4, -0.2) is 11.1 Å². The van der Waals surface area contributed by atoms with Gasteiger partial charge in [0, 0.05) is 38.7 Å². The van der Waals surface area contributed by atoms with E-state index in [2.05, 4.69) is 62.2 Å². The van der Waals surface area contributed by atoms with E-state index in [1.54, 1.807) is 0 Å². The number of fused-ring (bicyclic) bond motifs is 3. The summed E-state index contributed by atoms with van der Waals surface area (Å²) >= 11 is 10.0. The Kier molecular flexibility index (Phi) is 4.79. The van der Waals surface area contributed by atoms with Gasteiger partial charge in [-0.3, -0.25) is 0 Å². The molecule has 1 aliphatic heterocycles. The minimum absolute atomic E-state index is 0.209. The molecule has 4 heteroatoms. The molecule has 2 heterocycles. The first-order valence-corrected chi connectivity index (χ1v) is 11.2. The Balaban J connectivity index is 1.75. The van der Waals surface area contributed by atoms with Crippen LogP contribution >= 0.6 is 27.5 Å². The Bertz CT molecular complexity index is 987. The fraction of sp³-hybridized carbons (Fsp3) is 0.391. The summed E-state index contributed by atoms with van der Waals surface area (Å²) in [5.74, 6) is 0. The van der Waals surface area contributed by atoms with Gasteiger partial charge in [-0.05, 0) is 60.7 Å². The summed E-state index contributed by atoms with van der Waals surface area (Å²) < 4.78 is 3.84. The van der Waals surface area contributed by atoms with Crippen LogP contribution in [0.5, 0.6) is 0 Å². The molecule has 27 heavy (non-hydrogen) atoms. The maximum absolute atomic E-state index is 6.34. The molecular formula is C23H24BrClN2. The summed E-state index contributed by atoms with van der Waals surface area (Å²) in [6, 6.07) is 16.0. The molecule has 2 aliphatic rings. The van der Waals surface area contributed by atoms with Gasteiger partial charge in [0.2, 0.25) is 0 Å². The van der Waals surface area contributed by atoms with E-state index < -0.39 is 0 Å². The smallest absolute Gasteiger partial charge is 0.0735 e. The molecule has 0 bridgehead atoms. The van der Waals surface area contributed by atoms with Crippen LogP contribution < -0.4 is 5.32 Å². The molecule has 1 aromatic heterocycles. The van der Waals surface area contributed by atoms with Crippen molar-refractivity contribution in [3.05, 3.63) is 68.8 Å². The van der Waals surface area contributed by atoms with Gasteiger partial charge in [0.1, 0.15) is 0 Å². The summed E-state index contributed by atoms with van der Waals surface area (Å²) in [6.07, 6.45) is 7.71. The van der Waals surface area contributed by atoms with E-state index in [1.165, 1.54) is 59.8 Å². The first-order valence-electron chi connectivity index (χ1n) is 10.0. The van der Waals surface area contributed by atoms with Crippen molar-refractivity contribution in [2.24, 2.45) is 0 Å². The molecule has 1 N–H and O–H groups in total. The third-order valence-corrected chi connectivity index (χ3v) is 6.96. The zero-order chi connectivity index (χ0) is 18.4. The van der Waals surface area contributed by atoms with Crippen molar-refractivity contribution in [2.75, 3.05) is 6.54 Å². The second kappa shape index (κ2) is 7.27. The second-order valence-corrected chi connectivity index (χ2v) is 9.23. The molecule has 2 aromatic carbocycles. The summed E-state index contributed by atoms with van der Waals surface area (Å²) in [4.78, 5) is 0. The molecule has 1 atom stereocenters. The average Bonchev–Trinajstić information content (AvgIpc) is 3.02. The predicted molar refractivity (Wildman–Crippen MR) is 117 cm³/mol. The van der Waals surface area contributed by atoms with E-state index in [9.17, 15) is 0 Å². The lowest BCUT2D eigenvalue weighted by Crippen LogP contribution is -2.33. The minimum Gasteiger partial charge on any atom is -0.339 e. The van der Waals surface area contributed by atoms with E-state index in [0.717, 1.165) is 22.5 Å². The Labute approximate surface area is 174 Å². The van der Waals surface area contributed by atoms with Crippen molar-refractivity contribution < 1.29 is 0 Å². The van der Waals surface area contributed by atoms with Crippen molar-refractivity contribution in [1.82, 2.24) is 9.88 Å². The van der Waals surface area contributed by atoms with Crippen molar-refractivity contribution in [3.63, 3.8) is 0 Å². The summed E-state index contributed by atoms with van der Waals surface area (Å²) in [5.41, 5.74) is 5.64. The van der Waals surface area contributed by atoms with Crippen LogP contribution in [0.4, 0.5) is 0 Å². The highest BCUT2D eigenvalue weighted by molar-refractivity contribution is 9.10. The lowest BCUT2D eigenvalue weighted by Gasteiger charge is -2.32. The Morgan fingerprint density at radius 3 is 2.70 bits per heavy atom. The first kappa shape index (κ1) is 17.8. The van der Waals surface area contributed by atoms with Crippen LogP contribution in [0.3, 0.4) is 0 Å². The van der Waals surface area contributed by atoms with E-state index in [-0.39, 0.29) is 6.04 Å². The molecule has 1 aliphatic carbocycles. The third kappa shape index (κ3) is 3.14. The lowest BCUT2D eigenvalue weighted by molar-refractivity contribution is 0.345. The highest BCUT2D eigenvalue weighted by Crippen LogP contribution is 2.42. The van der Waals surface area contributed by atoms with Crippen molar-refractivity contribution in [2.45, 2.75) is 50.6 Å². The summed E-state index contributed by atoms with van der Waals surface area (Å²) in [7, 11) is 0. The van der Waals surface area contributed by atoms with Gasteiger partial charge in [-0.15, -0.1) is 0 Å². The SMILES string of the molecule is Clc1cccc(C2NCCc3c2n(C2CCCCC2)c2ccc(Br)cc32)c1. The summed E-state index contributed by atoms with van der Waals surface area (Å²) in [6.45, 7) is 1.00. The third-order valence-electron chi connectivity index (χ3n) is 6.23. The summed E-state index contributed by atoms with van der Waals surface area (Å²) in [5, 5.41) is 6.01. The largest absolute Gasteiger partial charge is 0.339 e. The number of nitrogens with zero attached hydrogens (tertiary/aromatic N) is 1. The normalized spacial score (nSPS) is 20.7. The van der Waals surface area contributed by atoms with Gasteiger partial charge in [0.05, 0.1) is 6.04 Å². The van der Waals surface area contributed by atoms with Crippen LogP contribution in [0.25, 0.3) is 10.9 Å². The topological polar surface area (TPSA) is 17.0 Å². The van der Waals surface area contributed by atoms with Crippen LogP contribution in [0.15, 0.2) is 46.9 Å². The molecular weight excluding hydrogens is 420 g/mol. The Morgan fingerprint density at radius 1 is 1.04 bits per heavy atom. The molecule has 0 spiro atoms. The van der Waals surface area contributed by atoms with Crippen LogP contribution in [0.1, 0.15) is 61.0 Å². The number of nitrogens with one attached hydrogen (secondary N) is 1. The maximum atomic E-state index is 6.34. The highest BCUT2D eigenvalue weighted by atomic mass is 79.9. The van der Waals surface area contributed by atoms with Crippen LogP contribution in [0, 0.1) is 0 Å². The number of halogens is 2. The number of aromatic nitrogens is 1. The molecule has 1 unspecified atom stereocenters. The van der Waals surface area contributed by atoms with Gasteiger partial charge in [0.25, 0.3) is 0 Å². The van der Waals surface area contributed by atoms with Crippen molar-refractivity contribution in [3.8, 4) is 0 Å². The van der Waals surface area contributed by atoms with E-state index in [4.69, 9.17) is 11.6 Å². The molecule has 1 saturated carbocycles. The monoisotopic (exact) mass is 442 g/mol.